The highest BCUT2D eigenvalue weighted by atomic mass is 16.5. The molecule has 2 fully saturated rings. The van der Waals surface area contributed by atoms with Crippen LogP contribution in [0.5, 0.6) is 0 Å². The third kappa shape index (κ3) is 7.79. The second-order valence-corrected chi connectivity index (χ2v) is 11.7. The normalized spacial score (nSPS) is 24.6. The monoisotopic (exact) mass is 530 g/mol. The average molecular weight is 531 g/mol. The zero-order chi connectivity index (χ0) is 27.9. The van der Waals surface area contributed by atoms with E-state index in [9.17, 15) is 14.4 Å². The number of likely N-dealkylation sites (tertiary alicyclic amines) is 1. The van der Waals surface area contributed by atoms with Gasteiger partial charge >= 0.3 is 5.97 Å². The van der Waals surface area contributed by atoms with Crippen LogP contribution in [0.2, 0.25) is 0 Å². The van der Waals surface area contributed by atoms with Crippen LogP contribution in [0.1, 0.15) is 100 Å². The number of rotatable bonds is 6. The van der Waals surface area contributed by atoms with E-state index in [1.54, 1.807) is 0 Å². The van der Waals surface area contributed by atoms with Crippen molar-refractivity contribution < 1.29 is 29.3 Å². The number of piperidine rings is 1. The summed E-state index contributed by atoms with van der Waals surface area (Å²) in [7, 11) is 0. The molecule has 0 radical (unpaired) electrons. The van der Waals surface area contributed by atoms with Crippen molar-refractivity contribution in [2.24, 2.45) is 11.3 Å². The molecule has 3 N–H and O–H groups in total. The van der Waals surface area contributed by atoms with Crippen LogP contribution < -0.4 is 5.32 Å². The fraction of sp³-hybridized carbons (Fsp3) is 0.700. The van der Waals surface area contributed by atoms with Gasteiger partial charge in [0.15, 0.2) is 0 Å². The van der Waals surface area contributed by atoms with E-state index < -0.39 is 6.04 Å². The van der Waals surface area contributed by atoms with Gasteiger partial charge in [0.25, 0.3) is 0 Å². The van der Waals surface area contributed by atoms with E-state index in [2.05, 4.69) is 18.3 Å². The molecule has 0 aromatic heterocycles. The Morgan fingerprint density at radius 3 is 2.39 bits per heavy atom. The lowest BCUT2D eigenvalue weighted by molar-refractivity contribution is -0.138. The number of fused-ring (bicyclic) bond motifs is 1. The second-order valence-electron chi connectivity index (χ2n) is 11.7. The van der Waals surface area contributed by atoms with Crippen LogP contribution in [-0.4, -0.2) is 71.3 Å². The number of amides is 2. The molecule has 3 aliphatic rings. The van der Waals surface area contributed by atoms with E-state index in [1.807, 2.05) is 37.8 Å². The number of carbonyl (C=O) groups excluding carboxylic acids is 3. The van der Waals surface area contributed by atoms with Crippen LogP contribution in [0.25, 0.3) is 0 Å². The zero-order valence-corrected chi connectivity index (χ0v) is 23.5. The van der Waals surface area contributed by atoms with Gasteiger partial charge in [-0.05, 0) is 73.5 Å². The maximum atomic E-state index is 12.8. The molecule has 1 atom stereocenters. The highest BCUT2D eigenvalue weighted by Gasteiger charge is 2.31. The van der Waals surface area contributed by atoms with Crippen LogP contribution in [0, 0.1) is 11.3 Å². The van der Waals surface area contributed by atoms with E-state index in [1.165, 1.54) is 5.56 Å². The molecule has 212 valence electrons. The number of benzene rings is 1. The fourth-order valence-corrected chi connectivity index (χ4v) is 5.39. The molecule has 2 heterocycles. The van der Waals surface area contributed by atoms with Gasteiger partial charge < -0.3 is 25.2 Å². The number of nitrogens with one attached hydrogen (secondary N) is 1. The van der Waals surface area contributed by atoms with Gasteiger partial charge in [0, 0.05) is 32.0 Å². The first-order valence-corrected chi connectivity index (χ1v) is 14.2. The zero-order valence-electron chi connectivity index (χ0n) is 23.5. The lowest BCUT2D eigenvalue weighted by Crippen LogP contribution is -2.51. The third-order valence-corrected chi connectivity index (χ3v) is 8.32. The van der Waals surface area contributed by atoms with Crippen molar-refractivity contribution in [3.63, 3.8) is 0 Å². The van der Waals surface area contributed by atoms with Gasteiger partial charge in [-0.25, -0.2) is 4.79 Å². The van der Waals surface area contributed by atoms with Crippen molar-refractivity contribution in [1.82, 2.24) is 10.2 Å². The van der Waals surface area contributed by atoms with Gasteiger partial charge in [0.1, 0.15) is 6.04 Å². The van der Waals surface area contributed by atoms with Crippen LogP contribution in [0.3, 0.4) is 0 Å². The van der Waals surface area contributed by atoms with Crippen molar-refractivity contribution in [3.05, 3.63) is 34.9 Å². The van der Waals surface area contributed by atoms with Crippen molar-refractivity contribution in [3.8, 4) is 0 Å². The predicted octanol–water partition coefficient (Wildman–Crippen LogP) is 3.58. The molecule has 1 aromatic rings. The molecule has 1 unspecified atom stereocenters. The molecule has 0 bridgehead atoms. The highest BCUT2D eigenvalue weighted by Crippen LogP contribution is 2.35. The molecule has 2 aliphatic heterocycles. The van der Waals surface area contributed by atoms with E-state index in [0.29, 0.717) is 37.6 Å². The van der Waals surface area contributed by atoms with Crippen LogP contribution in [-0.2, 0) is 20.7 Å². The number of esters is 1. The smallest absolute Gasteiger partial charge is 0.338 e. The highest BCUT2D eigenvalue weighted by molar-refractivity contribution is 5.92. The Balaban J connectivity index is 0.000000336. The van der Waals surface area contributed by atoms with E-state index in [4.69, 9.17) is 14.9 Å². The van der Waals surface area contributed by atoms with Gasteiger partial charge in [-0.15, -0.1) is 0 Å². The largest absolute Gasteiger partial charge is 0.462 e. The number of ether oxygens (including phenoxy) is 1. The number of hydrogen-bond acceptors (Lipinski definition) is 6. The number of hydrogen-bond donors (Lipinski definition) is 3. The van der Waals surface area contributed by atoms with E-state index in [-0.39, 0.29) is 41.8 Å². The van der Waals surface area contributed by atoms with Gasteiger partial charge in [0.05, 0.1) is 18.3 Å². The van der Waals surface area contributed by atoms with Gasteiger partial charge in [-0.1, -0.05) is 39.8 Å². The maximum absolute atomic E-state index is 12.8. The number of aliphatic hydroxyl groups is 2. The molecule has 1 saturated heterocycles. The summed E-state index contributed by atoms with van der Waals surface area (Å²) in [5.41, 5.74) is 3.07. The molecule has 1 aromatic carbocycles. The van der Waals surface area contributed by atoms with E-state index in [0.717, 1.165) is 50.5 Å². The molecule has 8 heteroatoms. The first kappa shape index (κ1) is 30.1. The first-order valence-electron chi connectivity index (χ1n) is 14.2. The molecule has 2 amide bonds. The van der Waals surface area contributed by atoms with Crippen LogP contribution in [0.15, 0.2) is 18.2 Å². The number of carbonyl (C=O) groups is 3. The van der Waals surface area contributed by atoms with Gasteiger partial charge in [-0.2, -0.15) is 0 Å². The summed E-state index contributed by atoms with van der Waals surface area (Å²) in [5.74, 6) is -0.0421. The minimum Gasteiger partial charge on any atom is -0.462 e. The lowest BCUT2D eigenvalue weighted by Gasteiger charge is -2.35. The average Bonchev–Trinajstić information content (AvgIpc) is 2.93. The van der Waals surface area contributed by atoms with Crippen molar-refractivity contribution in [1.29, 1.82) is 0 Å². The predicted molar refractivity (Wildman–Crippen MR) is 146 cm³/mol. The number of nitrogens with zero attached hydrogens (tertiary/aromatic N) is 1. The summed E-state index contributed by atoms with van der Waals surface area (Å²) in [6.45, 7) is 9.76. The summed E-state index contributed by atoms with van der Waals surface area (Å²) in [4.78, 5) is 38.5. The van der Waals surface area contributed by atoms with E-state index >= 15 is 0 Å². The topological polar surface area (TPSA) is 116 Å². The summed E-state index contributed by atoms with van der Waals surface area (Å²) >= 11 is 0. The molecule has 38 heavy (non-hydrogen) atoms. The second kappa shape index (κ2) is 13.6. The SMILES string of the molecule is CC1(CO)CCC(O)CC1.CCC(NC(=O)C(C)C)C(=O)N1CCC(c2ccc3c(c2)CCOC3=O)CC1. The van der Waals surface area contributed by atoms with Gasteiger partial charge in [-0.3, -0.25) is 9.59 Å². The molecule has 0 spiro atoms. The molecule has 4 rings (SSSR count). The summed E-state index contributed by atoms with van der Waals surface area (Å²) in [6, 6.07) is 5.58. The van der Waals surface area contributed by atoms with Crippen LogP contribution in [0.4, 0.5) is 0 Å². The van der Waals surface area contributed by atoms with Crippen molar-refractivity contribution in [2.45, 2.75) is 97.1 Å². The van der Waals surface area contributed by atoms with Crippen LogP contribution >= 0.6 is 0 Å². The van der Waals surface area contributed by atoms with Gasteiger partial charge in [0.2, 0.25) is 11.8 Å². The molecule has 1 aliphatic carbocycles. The quantitative estimate of drug-likeness (QED) is 0.484. The minimum atomic E-state index is -0.443. The Kier molecular flexibility index (Phi) is 10.7. The Bertz CT molecular complexity index is 961. The summed E-state index contributed by atoms with van der Waals surface area (Å²) in [5, 5.41) is 21.0. The Hall–Kier alpha value is -2.45. The maximum Gasteiger partial charge on any atom is 0.338 e. The summed E-state index contributed by atoms with van der Waals surface area (Å²) < 4.78 is 5.09. The molecular weight excluding hydrogens is 484 g/mol. The molecule has 8 nitrogen and oxygen atoms in total. The Morgan fingerprint density at radius 2 is 1.82 bits per heavy atom. The minimum absolute atomic E-state index is 0.0168. The fourth-order valence-electron chi connectivity index (χ4n) is 5.39. The first-order chi connectivity index (χ1) is 18.1. The number of cyclic esters (lactones) is 1. The molecular formula is C30H46N2O6. The van der Waals surface area contributed by atoms with Crippen molar-refractivity contribution >= 4 is 17.8 Å². The summed E-state index contributed by atoms with van der Waals surface area (Å²) in [6.07, 6.45) is 6.67. The Labute approximate surface area is 227 Å². The molecule has 1 saturated carbocycles. The Morgan fingerprint density at radius 1 is 1.16 bits per heavy atom. The lowest BCUT2D eigenvalue weighted by atomic mass is 9.75. The standard InChI is InChI=1S/C22H30N2O4.C8H16O2/c1-4-19(23-20(25)14(2)3)21(26)24-10-7-15(8-11-24)16-5-6-18-17(13-16)9-12-28-22(18)27;1-8(6-9)4-2-7(10)3-5-8/h5-6,13-15,19H,4,7-12H2,1-3H3,(H,23,25);7,9-10H,2-6H2,1H3. The van der Waals surface area contributed by atoms with Crippen molar-refractivity contribution in [2.75, 3.05) is 26.3 Å². The third-order valence-electron chi connectivity index (χ3n) is 8.32. The number of aliphatic hydroxyl groups excluding tert-OH is 2.